The highest BCUT2D eigenvalue weighted by atomic mass is 16.8. The third-order valence-corrected chi connectivity index (χ3v) is 8.46. The second-order valence-electron chi connectivity index (χ2n) is 10.7. The molecule has 4 aliphatic rings. The Bertz CT molecular complexity index is 1030. The van der Waals surface area contributed by atoms with Crippen LogP contribution in [0.15, 0.2) is 36.3 Å². The minimum absolute atomic E-state index is 0.0835. The summed E-state index contributed by atoms with van der Waals surface area (Å²) < 4.78 is 32.8. The van der Waals surface area contributed by atoms with Crippen LogP contribution in [-0.4, -0.2) is 112 Å². The van der Waals surface area contributed by atoms with Gasteiger partial charge in [-0.15, -0.1) is 6.58 Å². The molecule has 0 unspecified atom stereocenters. The molecule has 41 heavy (non-hydrogen) atoms. The number of hydrogen-bond donors (Lipinski definition) is 6. The maximum absolute atomic E-state index is 13.4. The zero-order chi connectivity index (χ0) is 30.0. The van der Waals surface area contributed by atoms with Crippen LogP contribution < -0.4 is 0 Å². The predicted molar refractivity (Wildman–Crippen MR) is 135 cm³/mol. The van der Waals surface area contributed by atoms with E-state index in [9.17, 15) is 40.2 Å². The Morgan fingerprint density at radius 2 is 1.73 bits per heavy atom. The van der Waals surface area contributed by atoms with Gasteiger partial charge in [0.25, 0.3) is 0 Å². The lowest BCUT2D eigenvalue weighted by molar-refractivity contribution is -0.339. The quantitative estimate of drug-likeness (QED) is 0.133. The SMILES string of the molecule is C=C[C@@H]1[C@H](O[C@@H]2O[C@H](CO)[C@@H](O)[C@H](O)[C@@H]2O)OC=C(C(=O)O[C@H]2C[C@@H]3C(C(=O)OC)=CO[C@@H](O)[C@H]3[C@H]2C)[C@H]1CCO. The molecule has 230 valence electrons. The van der Waals surface area contributed by atoms with E-state index in [2.05, 4.69) is 6.58 Å². The molecule has 14 heteroatoms. The van der Waals surface area contributed by atoms with E-state index in [0.29, 0.717) is 0 Å². The van der Waals surface area contributed by atoms with E-state index >= 15 is 0 Å². The van der Waals surface area contributed by atoms with Crippen molar-refractivity contribution in [2.45, 2.75) is 69.2 Å². The molecule has 1 saturated carbocycles. The lowest BCUT2D eigenvalue weighted by Gasteiger charge is -2.43. The van der Waals surface area contributed by atoms with Crippen molar-refractivity contribution in [1.29, 1.82) is 0 Å². The molecule has 0 bridgehead atoms. The highest BCUT2D eigenvalue weighted by Gasteiger charge is 2.53. The fourth-order valence-electron chi connectivity index (χ4n) is 6.14. The first kappa shape index (κ1) is 31.4. The van der Waals surface area contributed by atoms with Crippen molar-refractivity contribution in [3.05, 3.63) is 36.3 Å². The van der Waals surface area contributed by atoms with Crippen molar-refractivity contribution in [2.24, 2.45) is 29.6 Å². The van der Waals surface area contributed by atoms with Gasteiger partial charge >= 0.3 is 11.9 Å². The van der Waals surface area contributed by atoms with Gasteiger partial charge in [-0.3, -0.25) is 0 Å². The molecular formula is C27H38O14. The summed E-state index contributed by atoms with van der Waals surface area (Å²) in [6, 6.07) is 0. The number of esters is 2. The number of carbonyl (C=O) groups is 2. The van der Waals surface area contributed by atoms with Crippen LogP contribution in [0, 0.1) is 29.6 Å². The average molecular weight is 587 g/mol. The van der Waals surface area contributed by atoms with Gasteiger partial charge in [-0.2, -0.15) is 0 Å². The Hall–Kier alpha value is -2.56. The molecule has 3 heterocycles. The molecule has 1 aliphatic carbocycles. The molecule has 1 saturated heterocycles. The third kappa shape index (κ3) is 6.01. The Kier molecular flexibility index (Phi) is 10.1. The fraction of sp³-hybridized carbons (Fsp3) is 0.704. The molecular weight excluding hydrogens is 548 g/mol. The summed E-state index contributed by atoms with van der Waals surface area (Å²) in [5.74, 6) is -4.16. The van der Waals surface area contributed by atoms with E-state index in [1.165, 1.54) is 19.4 Å². The summed E-state index contributed by atoms with van der Waals surface area (Å²) in [4.78, 5) is 25.7. The van der Waals surface area contributed by atoms with Crippen LogP contribution in [0.4, 0.5) is 0 Å². The summed E-state index contributed by atoms with van der Waals surface area (Å²) in [5.41, 5.74) is 0.326. The molecule has 0 radical (unpaired) electrons. The molecule has 3 aliphatic heterocycles. The van der Waals surface area contributed by atoms with E-state index in [1.54, 1.807) is 6.92 Å². The first-order valence-corrected chi connectivity index (χ1v) is 13.5. The van der Waals surface area contributed by atoms with Gasteiger partial charge in [-0.25, -0.2) is 9.59 Å². The van der Waals surface area contributed by atoms with E-state index in [1.807, 2.05) is 0 Å². The van der Waals surface area contributed by atoms with Crippen molar-refractivity contribution < 1.29 is 68.6 Å². The van der Waals surface area contributed by atoms with Gasteiger partial charge in [0.15, 0.2) is 12.6 Å². The van der Waals surface area contributed by atoms with E-state index < -0.39 is 91.6 Å². The molecule has 0 aromatic rings. The summed E-state index contributed by atoms with van der Waals surface area (Å²) in [6.45, 7) is 4.61. The first-order chi connectivity index (χ1) is 19.6. The minimum Gasteiger partial charge on any atom is -0.472 e. The number of hydrogen-bond acceptors (Lipinski definition) is 14. The molecule has 0 amide bonds. The maximum Gasteiger partial charge on any atom is 0.337 e. The molecule has 2 fully saturated rings. The molecule has 0 aromatic heterocycles. The normalized spacial score (nSPS) is 42.1. The first-order valence-electron chi connectivity index (χ1n) is 13.5. The standard InChI is InChI=1S/C27H38O14/c1-4-12-13(5-6-28)15(10-38-26(12)41-27-22(32)21(31)20(30)18(8-29)40-27)24(34)39-17-7-14-16(23(33)36-3)9-37-25(35)19(14)11(17)2/h4,9-14,17-22,25-32,35H,1,5-8H2,2-3H3/t11-,12-,13-,14+,17-,18+,19-,20+,21-,22-,25+,26-,27-/m0/s1. The number of ether oxygens (including phenoxy) is 6. The average Bonchev–Trinajstić information content (AvgIpc) is 3.29. The Morgan fingerprint density at radius 3 is 2.37 bits per heavy atom. The van der Waals surface area contributed by atoms with Crippen LogP contribution in [0.25, 0.3) is 0 Å². The zero-order valence-electron chi connectivity index (χ0n) is 22.7. The predicted octanol–water partition coefficient (Wildman–Crippen LogP) is -1.57. The minimum atomic E-state index is -1.68. The number of aliphatic hydroxyl groups is 6. The highest BCUT2D eigenvalue weighted by molar-refractivity contribution is 5.90. The second kappa shape index (κ2) is 13.2. The van der Waals surface area contributed by atoms with Crippen LogP contribution in [0.3, 0.4) is 0 Å². The largest absolute Gasteiger partial charge is 0.472 e. The van der Waals surface area contributed by atoms with Gasteiger partial charge in [-0.05, 0) is 12.8 Å². The van der Waals surface area contributed by atoms with Crippen molar-refractivity contribution >= 4 is 11.9 Å². The number of carbonyl (C=O) groups excluding carboxylic acids is 2. The number of fused-ring (bicyclic) bond motifs is 1. The number of methoxy groups -OCH3 is 1. The van der Waals surface area contributed by atoms with E-state index in [0.717, 1.165) is 6.26 Å². The molecule has 0 spiro atoms. The van der Waals surface area contributed by atoms with Crippen LogP contribution in [-0.2, 0) is 38.0 Å². The Labute approximate surface area is 236 Å². The molecule has 6 N–H and O–H groups in total. The van der Waals surface area contributed by atoms with Crippen LogP contribution >= 0.6 is 0 Å². The van der Waals surface area contributed by atoms with Crippen molar-refractivity contribution in [2.75, 3.05) is 20.3 Å². The molecule has 14 nitrogen and oxygen atoms in total. The summed E-state index contributed by atoms with van der Waals surface area (Å²) in [5, 5.41) is 60.1. The fourth-order valence-corrected chi connectivity index (χ4v) is 6.14. The van der Waals surface area contributed by atoms with Gasteiger partial charge in [0.05, 0.1) is 37.4 Å². The number of aliphatic hydroxyl groups excluding tert-OH is 6. The Balaban J connectivity index is 1.50. The van der Waals surface area contributed by atoms with Gasteiger partial charge in [0, 0.05) is 36.2 Å². The summed E-state index contributed by atoms with van der Waals surface area (Å²) in [7, 11) is 1.24. The van der Waals surface area contributed by atoms with E-state index in [-0.39, 0.29) is 36.5 Å². The smallest absolute Gasteiger partial charge is 0.337 e. The summed E-state index contributed by atoms with van der Waals surface area (Å²) >= 11 is 0. The molecule has 0 aromatic carbocycles. The number of rotatable bonds is 9. The van der Waals surface area contributed by atoms with Crippen LogP contribution in [0.1, 0.15) is 19.8 Å². The zero-order valence-corrected chi connectivity index (χ0v) is 22.7. The monoisotopic (exact) mass is 586 g/mol. The van der Waals surface area contributed by atoms with Gasteiger partial charge < -0.3 is 59.1 Å². The maximum atomic E-state index is 13.4. The van der Waals surface area contributed by atoms with Crippen LogP contribution in [0.2, 0.25) is 0 Å². The van der Waals surface area contributed by atoms with Gasteiger partial charge in [0.1, 0.15) is 30.5 Å². The highest BCUT2D eigenvalue weighted by Crippen LogP contribution is 2.48. The second-order valence-corrected chi connectivity index (χ2v) is 10.7. The summed E-state index contributed by atoms with van der Waals surface area (Å²) in [6.07, 6.45) is -6.61. The Morgan fingerprint density at radius 1 is 1.02 bits per heavy atom. The molecule has 13 atom stereocenters. The van der Waals surface area contributed by atoms with Crippen molar-refractivity contribution in [3.8, 4) is 0 Å². The van der Waals surface area contributed by atoms with Gasteiger partial charge in [-0.1, -0.05) is 13.0 Å². The van der Waals surface area contributed by atoms with Crippen molar-refractivity contribution in [1.82, 2.24) is 0 Å². The lowest BCUT2D eigenvalue weighted by atomic mass is 9.81. The van der Waals surface area contributed by atoms with Gasteiger partial charge in [0.2, 0.25) is 6.29 Å². The topological polar surface area (TPSA) is 211 Å². The van der Waals surface area contributed by atoms with Crippen molar-refractivity contribution in [3.63, 3.8) is 0 Å². The third-order valence-electron chi connectivity index (χ3n) is 8.46. The lowest BCUT2D eigenvalue weighted by Crippen LogP contribution is -2.60. The van der Waals surface area contributed by atoms with E-state index in [4.69, 9.17) is 28.4 Å². The van der Waals surface area contributed by atoms with Crippen LogP contribution in [0.5, 0.6) is 0 Å². The molecule has 4 rings (SSSR count).